The molecule has 0 aromatic heterocycles. The quantitative estimate of drug-likeness (QED) is 0.614. The van der Waals surface area contributed by atoms with Crippen LogP contribution in [0, 0.1) is 0 Å². The fourth-order valence-corrected chi connectivity index (χ4v) is 1.50. The van der Waals surface area contributed by atoms with Crippen molar-refractivity contribution in [1.29, 1.82) is 0 Å². The molecule has 1 aliphatic rings. The van der Waals surface area contributed by atoms with Gasteiger partial charge in [-0.25, -0.2) is 0 Å². The Balaban J connectivity index is 2.48. The lowest BCUT2D eigenvalue weighted by Gasteiger charge is -2.39. The molecule has 12 heavy (non-hydrogen) atoms. The highest BCUT2D eigenvalue weighted by atomic mass is 16.4. The fourth-order valence-electron chi connectivity index (χ4n) is 1.50. The topological polar surface area (TPSA) is 52.6 Å². The lowest BCUT2D eigenvalue weighted by Crippen LogP contribution is -2.60. The van der Waals surface area contributed by atoms with Crippen LogP contribution in [0.3, 0.4) is 0 Å². The second-order valence-electron chi connectivity index (χ2n) is 3.16. The van der Waals surface area contributed by atoms with Gasteiger partial charge < -0.3 is 10.4 Å². The molecule has 0 aromatic carbocycles. The Morgan fingerprint density at radius 3 is 2.58 bits per heavy atom. The Labute approximate surface area is 72.6 Å². The molecule has 1 heterocycles. The largest absolute Gasteiger partial charge is 0.480 e. The Morgan fingerprint density at radius 2 is 2.33 bits per heavy atom. The summed E-state index contributed by atoms with van der Waals surface area (Å²) in [7, 11) is 0. The van der Waals surface area contributed by atoms with Crippen molar-refractivity contribution in [3.8, 4) is 0 Å². The van der Waals surface area contributed by atoms with E-state index in [0.29, 0.717) is 6.04 Å². The number of hydrogen-bond donors (Lipinski definition) is 2. The molecule has 1 saturated heterocycles. The van der Waals surface area contributed by atoms with E-state index in [1.54, 1.807) is 6.92 Å². The van der Waals surface area contributed by atoms with Crippen LogP contribution in [-0.2, 0) is 4.79 Å². The minimum Gasteiger partial charge on any atom is -0.480 e. The van der Waals surface area contributed by atoms with Gasteiger partial charge in [0.1, 0.15) is 6.04 Å². The maximum absolute atomic E-state index is 10.7. The molecule has 1 fully saturated rings. The number of hydrogen-bond acceptors (Lipinski definition) is 3. The standard InChI is InChI=1S/C8H16N2O2/c1-3-10(6(2)8(11)12)7-4-9-5-7/h6-7,9H,3-5H2,1-2H3,(H,11,12). The SMILES string of the molecule is CCN(C1CNC1)C(C)C(=O)O. The van der Waals surface area contributed by atoms with Gasteiger partial charge in [-0.15, -0.1) is 0 Å². The van der Waals surface area contributed by atoms with E-state index in [0.717, 1.165) is 19.6 Å². The first-order valence-corrected chi connectivity index (χ1v) is 4.36. The van der Waals surface area contributed by atoms with E-state index < -0.39 is 5.97 Å². The molecule has 70 valence electrons. The molecule has 1 aliphatic heterocycles. The van der Waals surface area contributed by atoms with Crippen molar-refractivity contribution >= 4 is 5.97 Å². The van der Waals surface area contributed by atoms with Gasteiger partial charge in [0.25, 0.3) is 0 Å². The third-order valence-electron chi connectivity index (χ3n) is 2.45. The lowest BCUT2D eigenvalue weighted by molar-refractivity contribution is -0.143. The summed E-state index contributed by atoms with van der Waals surface area (Å²) in [6.45, 7) is 6.39. The molecule has 0 saturated carbocycles. The molecule has 0 bridgehead atoms. The van der Waals surface area contributed by atoms with Crippen LogP contribution in [0.15, 0.2) is 0 Å². The van der Waals surface area contributed by atoms with Crippen molar-refractivity contribution in [3.63, 3.8) is 0 Å². The predicted molar refractivity (Wildman–Crippen MR) is 46.1 cm³/mol. The third kappa shape index (κ3) is 1.76. The summed E-state index contributed by atoms with van der Waals surface area (Å²) in [6, 6.07) is 0.0585. The smallest absolute Gasteiger partial charge is 0.320 e. The summed E-state index contributed by atoms with van der Waals surface area (Å²) < 4.78 is 0. The molecule has 0 radical (unpaired) electrons. The highest BCUT2D eigenvalue weighted by molar-refractivity contribution is 5.72. The second-order valence-corrected chi connectivity index (χ2v) is 3.16. The Kier molecular flexibility index (Phi) is 3.05. The monoisotopic (exact) mass is 172 g/mol. The number of nitrogens with zero attached hydrogens (tertiary/aromatic N) is 1. The molecule has 1 unspecified atom stereocenters. The minimum absolute atomic E-state index is 0.359. The molecule has 0 aromatic rings. The van der Waals surface area contributed by atoms with Crippen LogP contribution in [0.25, 0.3) is 0 Å². The molecule has 0 spiro atoms. The number of rotatable bonds is 4. The molecule has 4 heteroatoms. The Morgan fingerprint density at radius 1 is 1.75 bits per heavy atom. The summed E-state index contributed by atoms with van der Waals surface area (Å²) in [5.74, 6) is -0.733. The van der Waals surface area contributed by atoms with Crippen LogP contribution in [0.5, 0.6) is 0 Å². The molecule has 1 rings (SSSR count). The summed E-state index contributed by atoms with van der Waals surface area (Å²) in [4.78, 5) is 12.7. The van der Waals surface area contributed by atoms with E-state index in [1.807, 2.05) is 11.8 Å². The van der Waals surface area contributed by atoms with Gasteiger partial charge >= 0.3 is 5.97 Å². The summed E-state index contributed by atoms with van der Waals surface area (Å²) in [6.07, 6.45) is 0. The number of likely N-dealkylation sites (N-methyl/N-ethyl adjacent to an activating group) is 1. The molecule has 0 aliphatic carbocycles. The minimum atomic E-state index is -0.733. The maximum atomic E-state index is 10.7. The van der Waals surface area contributed by atoms with Crippen molar-refractivity contribution in [3.05, 3.63) is 0 Å². The number of carboxylic acids is 1. The molecular formula is C8H16N2O2. The van der Waals surface area contributed by atoms with Gasteiger partial charge in [0.15, 0.2) is 0 Å². The molecule has 2 N–H and O–H groups in total. The number of nitrogens with one attached hydrogen (secondary N) is 1. The molecule has 4 nitrogen and oxygen atoms in total. The second kappa shape index (κ2) is 3.87. The van der Waals surface area contributed by atoms with E-state index in [2.05, 4.69) is 5.32 Å². The third-order valence-corrected chi connectivity index (χ3v) is 2.45. The van der Waals surface area contributed by atoms with E-state index in [9.17, 15) is 4.79 Å². The lowest BCUT2D eigenvalue weighted by atomic mass is 10.1. The molecule has 0 amide bonds. The average Bonchev–Trinajstić information content (AvgIpc) is 1.94. The van der Waals surface area contributed by atoms with Gasteiger partial charge in [0.2, 0.25) is 0 Å². The Hall–Kier alpha value is -0.610. The zero-order valence-corrected chi connectivity index (χ0v) is 7.58. The predicted octanol–water partition coefficient (Wildman–Crippen LogP) is -0.247. The van der Waals surface area contributed by atoms with Crippen LogP contribution in [0.4, 0.5) is 0 Å². The zero-order chi connectivity index (χ0) is 9.14. The Bertz CT molecular complexity index is 168. The van der Waals surface area contributed by atoms with Crippen LogP contribution >= 0.6 is 0 Å². The fraction of sp³-hybridized carbons (Fsp3) is 0.875. The van der Waals surface area contributed by atoms with Crippen LogP contribution in [0.2, 0.25) is 0 Å². The van der Waals surface area contributed by atoms with Gasteiger partial charge in [-0.3, -0.25) is 9.69 Å². The van der Waals surface area contributed by atoms with Crippen molar-refractivity contribution in [2.75, 3.05) is 19.6 Å². The van der Waals surface area contributed by atoms with Crippen molar-refractivity contribution in [2.45, 2.75) is 25.9 Å². The number of aliphatic carboxylic acids is 1. The molecular weight excluding hydrogens is 156 g/mol. The average molecular weight is 172 g/mol. The highest BCUT2D eigenvalue weighted by Crippen LogP contribution is 2.09. The van der Waals surface area contributed by atoms with Crippen LogP contribution in [0.1, 0.15) is 13.8 Å². The first-order valence-electron chi connectivity index (χ1n) is 4.36. The van der Waals surface area contributed by atoms with Gasteiger partial charge in [-0.2, -0.15) is 0 Å². The number of carbonyl (C=O) groups is 1. The summed E-state index contributed by atoms with van der Waals surface area (Å²) in [5, 5.41) is 11.9. The highest BCUT2D eigenvalue weighted by Gasteiger charge is 2.29. The van der Waals surface area contributed by atoms with E-state index in [-0.39, 0.29) is 6.04 Å². The van der Waals surface area contributed by atoms with Crippen molar-refractivity contribution < 1.29 is 9.90 Å². The van der Waals surface area contributed by atoms with Crippen molar-refractivity contribution in [1.82, 2.24) is 10.2 Å². The van der Waals surface area contributed by atoms with Gasteiger partial charge in [-0.05, 0) is 13.5 Å². The normalized spacial score (nSPS) is 20.6. The zero-order valence-electron chi connectivity index (χ0n) is 7.58. The van der Waals surface area contributed by atoms with Gasteiger partial charge in [0, 0.05) is 19.1 Å². The van der Waals surface area contributed by atoms with Crippen LogP contribution < -0.4 is 5.32 Å². The summed E-state index contributed by atoms with van der Waals surface area (Å²) in [5.41, 5.74) is 0. The first-order chi connectivity index (χ1) is 5.66. The van der Waals surface area contributed by atoms with Crippen LogP contribution in [-0.4, -0.2) is 47.7 Å². The van der Waals surface area contributed by atoms with Gasteiger partial charge in [0.05, 0.1) is 0 Å². The summed E-state index contributed by atoms with van der Waals surface area (Å²) >= 11 is 0. The van der Waals surface area contributed by atoms with Crippen molar-refractivity contribution in [2.24, 2.45) is 0 Å². The van der Waals surface area contributed by atoms with E-state index >= 15 is 0 Å². The molecule has 1 atom stereocenters. The number of carboxylic acid groups (broad SMARTS) is 1. The first kappa shape index (κ1) is 9.48. The van der Waals surface area contributed by atoms with Gasteiger partial charge in [-0.1, -0.05) is 6.92 Å². The maximum Gasteiger partial charge on any atom is 0.320 e. The van der Waals surface area contributed by atoms with E-state index in [1.165, 1.54) is 0 Å². The van der Waals surface area contributed by atoms with E-state index in [4.69, 9.17) is 5.11 Å².